The third kappa shape index (κ3) is 4.51. The Morgan fingerprint density at radius 3 is 2.50 bits per heavy atom. The molecule has 8 nitrogen and oxygen atoms in total. The molecular weight excluding hydrogens is 437 g/mol. The van der Waals surface area contributed by atoms with Gasteiger partial charge in [-0.05, 0) is 57.8 Å². The number of fused-ring (bicyclic) bond motifs is 1. The number of nitrogens with one attached hydrogen (secondary N) is 2. The van der Waals surface area contributed by atoms with E-state index in [1.54, 1.807) is 4.90 Å². The Morgan fingerprint density at radius 1 is 1.18 bits per heavy atom. The van der Waals surface area contributed by atoms with Gasteiger partial charge in [0.25, 0.3) is 5.91 Å². The van der Waals surface area contributed by atoms with Crippen LogP contribution >= 0.6 is 0 Å². The molecule has 178 valence electrons. The van der Waals surface area contributed by atoms with Gasteiger partial charge in [0.1, 0.15) is 12.4 Å². The van der Waals surface area contributed by atoms with E-state index in [2.05, 4.69) is 15.5 Å². The molecule has 9 heteroatoms. The number of hydrogen-bond donors (Lipinski definition) is 2. The number of aromatic amines is 1. The van der Waals surface area contributed by atoms with Gasteiger partial charge in [0.05, 0.1) is 23.8 Å². The molecule has 1 aromatic heterocycles. The standard InChI is InChI=1S/C25H28FN5O3/c1-25(2)21-19(22(29-28-21)27-23(32)17-10-12-18(26)13-11-17)14-31(25)24(33)34-15-20(30(3)4)16-8-6-5-7-9-16/h5-13,20H,14-15H2,1-4H3,(H2,27,28,29,32). The van der Waals surface area contributed by atoms with Gasteiger partial charge in [-0.25, -0.2) is 9.18 Å². The van der Waals surface area contributed by atoms with Crippen molar-refractivity contribution in [1.29, 1.82) is 0 Å². The lowest BCUT2D eigenvalue weighted by Gasteiger charge is -2.32. The van der Waals surface area contributed by atoms with Crippen LogP contribution in [0.15, 0.2) is 54.6 Å². The van der Waals surface area contributed by atoms with Gasteiger partial charge in [-0.2, -0.15) is 5.10 Å². The number of benzene rings is 2. The first-order chi connectivity index (χ1) is 16.2. The maximum Gasteiger partial charge on any atom is 0.410 e. The molecule has 2 heterocycles. The second kappa shape index (κ2) is 9.26. The Morgan fingerprint density at radius 2 is 1.85 bits per heavy atom. The van der Waals surface area contributed by atoms with Crippen molar-refractivity contribution < 1.29 is 18.7 Å². The number of aromatic nitrogens is 2. The van der Waals surface area contributed by atoms with Crippen molar-refractivity contribution in [2.24, 2.45) is 0 Å². The highest BCUT2D eigenvalue weighted by molar-refractivity contribution is 6.04. The molecule has 4 rings (SSSR count). The van der Waals surface area contributed by atoms with Crippen LogP contribution in [0.2, 0.25) is 0 Å². The molecule has 2 aromatic carbocycles. The summed E-state index contributed by atoms with van der Waals surface area (Å²) in [5, 5.41) is 9.94. The summed E-state index contributed by atoms with van der Waals surface area (Å²) in [5.41, 5.74) is 2.10. The van der Waals surface area contributed by atoms with Crippen molar-refractivity contribution in [3.8, 4) is 0 Å². The quantitative estimate of drug-likeness (QED) is 0.567. The Hall–Kier alpha value is -3.72. The SMILES string of the molecule is CN(C)C(COC(=O)N1Cc2c(NC(=O)c3ccc(F)cc3)n[nH]c2C1(C)C)c1ccccc1. The summed E-state index contributed by atoms with van der Waals surface area (Å²) in [6.45, 7) is 4.21. The van der Waals surface area contributed by atoms with E-state index in [9.17, 15) is 14.0 Å². The first kappa shape index (κ1) is 23.4. The van der Waals surface area contributed by atoms with Crippen LogP contribution in [-0.2, 0) is 16.8 Å². The number of H-pyrrole nitrogens is 1. The fourth-order valence-corrected chi connectivity index (χ4v) is 4.14. The van der Waals surface area contributed by atoms with E-state index >= 15 is 0 Å². The topological polar surface area (TPSA) is 90.6 Å². The molecule has 0 saturated carbocycles. The molecule has 0 spiro atoms. The van der Waals surface area contributed by atoms with E-state index in [4.69, 9.17) is 4.74 Å². The van der Waals surface area contributed by atoms with Crippen molar-refractivity contribution in [3.63, 3.8) is 0 Å². The Balaban J connectivity index is 1.46. The number of hydrogen-bond acceptors (Lipinski definition) is 5. The summed E-state index contributed by atoms with van der Waals surface area (Å²) in [5.74, 6) is -0.496. The monoisotopic (exact) mass is 465 g/mol. The molecule has 0 bridgehead atoms. The normalized spacial score (nSPS) is 15.2. The number of halogens is 1. The van der Waals surface area contributed by atoms with E-state index in [1.807, 2.05) is 63.2 Å². The van der Waals surface area contributed by atoms with Gasteiger partial charge >= 0.3 is 6.09 Å². The lowest BCUT2D eigenvalue weighted by molar-refractivity contribution is 0.0484. The zero-order chi connectivity index (χ0) is 24.5. The second-order valence-electron chi connectivity index (χ2n) is 9.00. The highest BCUT2D eigenvalue weighted by atomic mass is 19.1. The van der Waals surface area contributed by atoms with Crippen LogP contribution in [0.4, 0.5) is 15.0 Å². The van der Waals surface area contributed by atoms with Crippen molar-refractivity contribution in [3.05, 3.63) is 82.8 Å². The van der Waals surface area contributed by atoms with E-state index in [0.29, 0.717) is 16.9 Å². The molecule has 2 amide bonds. The fraction of sp³-hybridized carbons (Fsp3) is 0.320. The zero-order valence-electron chi connectivity index (χ0n) is 19.6. The van der Waals surface area contributed by atoms with Gasteiger partial charge in [-0.3, -0.25) is 19.7 Å². The average Bonchev–Trinajstić information content (AvgIpc) is 3.32. The molecular formula is C25H28FN5O3. The number of carbonyl (C=O) groups excluding carboxylic acids is 2. The summed E-state index contributed by atoms with van der Waals surface area (Å²) in [7, 11) is 3.88. The number of nitrogens with zero attached hydrogens (tertiary/aromatic N) is 3. The predicted octanol–water partition coefficient (Wildman–Crippen LogP) is 4.29. The minimum atomic E-state index is -0.710. The van der Waals surface area contributed by atoms with Crippen molar-refractivity contribution in [2.75, 3.05) is 26.0 Å². The predicted molar refractivity (Wildman–Crippen MR) is 126 cm³/mol. The van der Waals surface area contributed by atoms with Crippen LogP contribution in [0.25, 0.3) is 0 Å². The van der Waals surface area contributed by atoms with Crippen molar-refractivity contribution in [1.82, 2.24) is 20.0 Å². The number of amides is 2. The summed E-state index contributed by atoms with van der Waals surface area (Å²) >= 11 is 0. The summed E-state index contributed by atoms with van der Waals surface area (Å²) in [6.07, 6.45) is -0.451. The molecule has 2 N–H and O–H groups in total. The summed E-state index contributed by atoms with van der Waals surface area (Å²) < 4.78 is 18.9. The molecule has 3 aromatic rings. The molecule has 0 aliphatic carbocycles. The maximum atomic E-state index is 13.2. The average molecular weight is 466 g/mol. The molecule has 0 fully saturated rings. The van der Waals surface area contributed by atoms with Crippen molar-refractivity contribution >= 4 is 17.8 Å². The molecule has 1 atom stereocenters. The smallest absolute Gasteiger partial charge is 0.410 e. The van der Waals surface area contributed by atoms with Crippen LogP contribution in [-0.4, -0.2) is 52.7 Å². The van der Waals surface area contributed by atoms with E-state index < -0.39 is 23.4 Å². The van der Waals surface area contributed by atoms with Crippen LogP contribution in [0.1, 0.15) is 47.1 Å². The summed E-state index contributed by atoms with van der Waals surface area (Å²) in [6, 6.07) is 15.0. The highest BCUT2D eigenvalue weighted by Gasteiger charge is 2.45. The zero-order valence-corrected chi connectivity index (χ0v) is 19.6. The van der Waals surface area contributed by atoms with Gasteiger partial charge in [0.2, 0.25) is 0 Å². The first-order valence-electron chi connectivity index (χ1n) is 11.0. The summed E-state index contributed by atoms with van der Waals surface area (Å²) in [4.78, 5) is 29.3. The molecule has 1 unspecified atom stereocenters. The van der Waals surface area contributed by atoms with Crippen LogP contribution in [0.3, 0.4) is 0 Å². The lowest BCUT2D eigenvalue weighted by Crippen LogP contribution is -2.42. The number of carbonyl (C=O) groups is 2. The van der Waals surface area contributed by atoms with Gasteiger partial charge in [0, 0.05) is 11.1 Å². The minimum absolute atomic E-state index is 0.0825. The van der Waals surface area contributed by atoms with E-state index in [1.165, 1.54) is 24.3 Å². The fourth-order valence-electron chi connectivity index (χ4n) is 4.14. The van der Waals surface area contributed by atoms with Crippen LogP contribution in [0, 0.1) is 5.82 Å². The minimum Gasteiger partial charge on any atom is -0.447 e. The third-order valence-corrected chi connectivity index (χ3v) is 6.20. The second-order valence-corrected chi connectivity index (χ2v) is 9.00. The molecule has 0 radical (unpaired) electrons. The Bertz CT molecular complexity index is 1180. The first-order valence-corrected chi connectivity index (χ1v) is 11.0. The van der Waals surface area contributed by atoms with E-state index in [0.717, 1.165) is 11.3 Å². The highest BCUT2D eigenvalue weighted by Crippen LogP contribution is 2.41. The maximum absolute atomic E-state index is 13.2. The van der Waals surface area contributed by atoms with E-state index in [-0.39, 0.29) is 19.2 Å². The number of ether oxygens (including phenoxy) is 1. The largest absolute Gasteiger partial charge is 0.447 e. The number of rotatable bonds is 6. The van der Waals surface area contributed by atoms with Gasteiger partial charge < -0.3 is 10.1 Å². The molecule has 34 heavy (non-hydrogen) atoms. The van der Waals surface area contributed by atoms with Crippen LogP contribution < -0.4 is 5.32 Å². The molecule has 1 aliphatic heterocycles. The molecule has 0 saturated heterocycles. The number of likely N-dealkylation sites (N-methyl/N-ethyl adjacent to an activating group) is 1. The van der Waals surface area contributed by atoms with Gasteiger partial charge in [-0.1, -0.05) is 30.3 Å². The van der Waals surface area contributed by atoms with Crippen LogP contribution in [0.5, 0.6) is 0 Å². The third-order valence-electron chi connectivity index (χ3n) is 6.20. The van der Waals surface area contributed by atoms with Gasteiger partial charge in [0.15, 0.2) is 5.82 Å². The number of anilines is 1. The van der Waals surface area contributed by atoms with Crippen molar-refractivity contribution in [2.45, 2.75) is 32.0 Å². The Labute approximate surface area is 197 Å². The Kier molecular flexibility index (Phi) is 6.39. The molecule has 1 aliphatic rings. The lowest BCUT2D eigenvalue weighted by atomic mass is 10.0. The van der Waals surface area contributed by atoms with Gasteiger partial charge in [-0.15, -0.1) is 0 Å².